The fourth-order valence-corrected chi connectivity index (χ4v) is 2.03. The fourth-order valence-electron chi connectivity index (χ4n) is 2.03. The molecule has 0 bridgehead atoms. The van der Waals surface area contributed by atoms with Gasteiger partial charge in [0.15, 0.2) is 5.75 Å². The second-order valence-electron chi connectivity index (χ2n) is 4.42. The zero-order chi connectivity index (χ0) is 15.1. The standard InChI is InChI=1S/C14H18N4O3/c1-2-21-13-6-3-5-12(14(13)18(19)20)16-7-4-9-17-10-8-15-11-17/h3,5-6,8,10-11,16H,2,4,7,9H2,1H3. The Morgan fingerprint density at radius 3 is 3.00 bits per heavy atom. The number of aromatic nitrogens is 2. The average Bonchev–Trinajstić information content (AvgIpc) is 2.97. The minimum absolute atomic E-state index is 0.0121. The Morgan fingerprint density at radius 2 is 2.33 bits per heavy atom. The van der Waals surface area contributed by atoms with Crippen LogP contribution in [0, 0.1) is 10.1 Å². The van der Waals surface area contributed by atoms with Gasteiger partial charge in [0.05, 0.1) is 17.9 Å². The van der Waals surface area contributed by atoms with E-state index in [1.54, 1.807) is 37.6 Å². The quantitative estimate of drug-likeness (QED) is 0.459. The summed E-state index contributed by atoms with van der Waals surface area (Å²) >= 11 is 0. The number of para-hydroxylation sites is 1. The number of hydrogen-bond acceptors (Lipinski definition) is 5. The Bertz CT molecular complexity index is 584. The van der Waals surface area contributed by atoms with Crippen molar-refractivity contribution in [3.63, 3.8) is 0 Å². The molecule has 0 spiro atoms. The molecule has 21 heavy (non-hydrogen) atoms. The zero-order valence-electron chi connectivity index (χ0n) is 11.9. The first-order valence-corrected chi connectivity index (χ1v) is 6.82. The second-order valence-corrected chi connectivity index (χ2v) is 4.42. The fraction of sp³-hybridized carbons (Fsp3) is 0.357. The van der Waals surface area contributed by atoms with Gasteiger partial charge < -0.3 is 14.6 Å². The number of anilines is 1. The van der Waals surface area contributed by atoms with Gasteiger partial charge in [0.1, 0.15) is 5.69 Å². The largest absolute Gasteiger partial charge is 0.487 e. The van der Waals surface area contributed by atoms with Crippen molar-refractivity contribution in [1.82, 2.24) is 9.55 Å². The van der Waals surface area contributed by atoms with Gasteiger partial charge in [0, 0.05) is 25.5 Å². The predicted molar refractivity (Wildman–Crippen MR) is 79.6 cm³/mol. The molecule has 2 rings (SSSR count). The molecule has 0 fully saturated rings. The number of rotatable bonds is 8. The van der Waals surface area contributed by atoms with Crippen LogP contribution in [0.15, 0.2) is 36.9 Å². The van der Waals surface area contributed by atoms with Crippen LogP contribution < -0.4 is 10.1 Å². The van der Waals surface area contributed by atoms with Crippen LogP contribution in [0.3, 0.4) is 0 Å². The molecule has 0 saturated carbocycles. The summed E-state index contributed by atoms with van der Waals surface area (Å²) in [7, 11) is 0. The topological polar surface area (TPSA) is 82.2 Å². The molecule has 1 aromatic heterocycles. The normalized spacial score (nSPS) is 10.3. The summed E-state index contributed by atoms with van der Waals surface area (Å²) in [6, 6.07) is 5.05. The molecule has 0 aliphatic heterocycles. The second kappa shape index (κ2) is 7.28. The Labute approximate surface area is 122 Å². The van der Waals surface area contributed by atoms with Gasteiger partial charge in [0.25, 0.3) is 0 Å². The number of hydrogen-bond donors (Lipinski definition) is 1. The smallest absolute Gasteiger partial charge is 0.333 e. The maximum Gasteiger partial charge on any atom is 0.333 e. The molecule has 7 nitrogen and oxygen atoms in total. The summed E-state index contributed by atoms with van der Waals surface area (Å²) in [5.74, 6) is 0.294. The Kier molecular flexibility index (Phi) is 5.14. The molecule has 1 heterocycles. The van der Waals surface area contributed by atoms with E-state index in [1.165, 1.54) is 0 Å². The highest BCUT2D eigenvalue weighted by Gasteiger charge is 2.20. The number of nitro groups is 1. The molecule has 0 aliphatic rings. The van der Waals surface area contributed by atoms with Crippen LogP contribution in [0.1, 0.15) is 13.3 Å². The lowest BCUT2D eigenvalue weighted by molar-refractivity contribution is -0.384. The Balaban J connectivity index is 1.98. The first-order valence-electron chi connectivity index (χ1n) is 6.82. The van der Waals surface area contributed by atoms with Crippen LogP contribution in [0.25, 0.3) is 0 Å². The van der Waals surface area contributed by atoms with Crippen molar-refractivity contribution in [2.45, 2.75) is 19.9 Å². The van der Waals surface area contributed by atoms with Crippen LogP contribution in [-0.4, -0.2) is 27.6 Å². The molecule has 0 saturated heterocycles. The van der Waals surface area contributed by atoms with Crippen LogP contribution in [0.2, 0.25) is 0 Å². The van der Waals surface area contributed by atoms with E-state index in [-0.39, 0.29) is 5.69 Å². The minimum Gasteiger partial charge on any atom is -0.487 e. The monoisotopic (exact) mass is 290 g/mol. The third-order valence-electron chi connectivity index (χ3n) is 2.95. The number of nitro benzene ring substituents is 1. The first kappa shape index (κ1) is 14.8. The van der Waals surface area contributed by atoms with Gasteiger partial charge in [-0.2, -0.15) is 0 Å². The molecule has 0 unspecified atom stereocenters. The molecular weight excluding hydrogens is 272 g/mol. The third-order valence-corrected chi connectivity index (χ3v) is 2.95. The number of aryl methyl sites for hydroxylation is 1. The van der Waals surface area contributed by atoms with Gasteiger partial charge in [0.2, 0.25) is 0 Å². The lowest BCUT2D eigenvalue weighted by Gasteiger charge is -2.10. The molecule has 0 radical (unpaired) electrons. The number of nitrogens with zero attached hydrogens (tertiary/aromatic N) is 3. The summed E-state index contributed by atoms with van der Waals surface area (Å²) in [6.45, 7) is 3.64. The van der Waals surface area contributed by atoms with E-state index in [2.05, 4.69) is 10.3 Å². The lowest BCUT2D eigenvalue weighted by atomic mass is 10.2. The van der Waals surface area contributed by atoms with Gasteiger partial charge in [-0.25, -0.2) is 4.98 Å². The Hall–Kier alpha value is -2.57. The predicted octanol–water partition coefficient (Wildman–Crippen LogP) is 2.69. The van der Waals surface area contributed by atoms with E-state index in [0.29, 0.717) is 24.6 Å². The van der Waals surface area contributed by atoms with Gasteiger partial charge in [-0.1, -0.05) is 6.07 Å². The number of imidazole rings is 1. The summed E-state index contributed by atoms with van der Waals surface area (Å²) in [6.07, 6.45) is 6.20. The number of ether oxygens (including phenoxy) is 1. The third kappa shape index (κ3) is 3.95. The average molecular weight is 290 g/mol. The zero-order valence-corrected chi connectivity index (χ0v) is 11.9. The molecule has 1 aromatic carbocycles. The van der Waals surface area contributed by atoms with Crippen LogP contribution in [-0.2, 0) is 6.54 Å². The van der Waals surface area contributed by atoms with Crippen LogP contribution in [0.4, 0.5) is 11.4 Å². The van der Waals surface area contributed by atoms with Crippen molar-refractivity contribution in [3.8, 4) is 5.75 Å². The summed E-state index contributed by atoms with van der Waals surface area (Å²) in [5, 5.41) is 14.3. The molecule has 7 heteroatoms. The van der Waals surface area contributed by atoms with Crippen molar-refractivity contribution in [3.05, 3.63) is 47.0 Å². The molecule has 112 valence electrons. The van der Waals surface area contributed by atoms with Crippen molar-refractivity contribution >= 4 is 11.4 Å². The maximum absolute atomic E-state index is 11.2. The van der Waals surface area contributed by atoms with E-state index in [1.807, 2.05) is 10.8 Å². The van der Waals surface area contributed by atoms with Gasteiger partial charge >= 0.3 is 5.69 Å². The van der Waals surface area contributed by atoms with Gasteiger partial charge in [-0.3, -0.25) is 10.1 Å². The molecule has 0 amide bonds. The van der Waals surface area contributed by atoms with Crippen molar-refractivity contribution in [1.29, 1.82) is 0 Å². The summed E-state index contributed by atoms with van der Waals surface area (Å²) < 4.78 is 7.28. The maximum atomic E-state index is 11.2. The summed E-state index contributed by atoms with van der Waals surface area (Å²) in [4.78, 5) is 14.8. The molecular formula is C14H18N4O3. The molecule has 2 aromatic rings. The van der Waals surface area contributed by atoms with E-state index < -0.39 is 4.92 Å². The molecule has 1 N–H and O–H groups in total. The van der Waals surface area contributed by atoms with E-state index >= 15 is 0 Å². The van der Waals surface area contributed by atoms with Crippen LogP contribution >= 0.6 is 0 Å². The SMILES string of the molecule is CCOc1cccc(NCCCn2ccnc2)c1[N+](=O)[O-]. The highest BCUT2D eigenvalue weighted by atomic mass is 16.6. The van der Waals surface area contributed by atoms with E-state index in [9.17, 15) is 10.1 Å². The number of nitrogens with one attached hydrogen (secondary N) is 1. The van der Waals surface area contributed by atoms with Crippen molar-refractivity contribution in [2.75, 3.05) is 18.5 Å². The lowest BCUT2D eigenvalue weighted by Crippen LogP contribution is -2.08. The Morgan fingerprint density at radius 1 is 1.48 bits per heavy atom. The van der Waals surface area contributed by atoms with Gasteiger partial charge in [-0.05, 0) is 25.5 Å². The van der Waals surface area contributed by atoms with Crippen molar-refractivity contribution < 1.29 is 9.66 Å². The number of benzene rings is 1. The van der Waals surface area contributed by atoms with E-state index in [0.717, 1.165) is 13.0 Å². The van der Waals surface area contributed by atoms with Crippen LogP contribution in [0.5, 0.6) is 5.75 Å². The molecule has 0 atom stereocenters. The highest BCUT2D eigenvalue weighted by molar-refractivity contribution is 5.68. The first-order chi connectivity index (χ1) is 10.2. The van der Waals surface area contributed by atoms with Gasteiger partial charge in [-0.15, -0.1) is 0 Å². The van der Waals surface area contributed by atoms with E-state index in [4.69, 9.17) is 4.74 Å². The summed E-state index contributed by atoms with van der Waals surface area (Å²) in [5.41, 5.74) is 0.471. The highest BCUT2D eigenvalue weighted by Crippen LogP contribution is 2.34. The molecule has 0 aliphatic carbocycles. The van der Waals surface area contributed by atoms with Crippen molar-refractivity contribution in [2.24, 2.45) is 0 Å². The minimum atomic E-state index is -0.413.